The number of halogens is 1. The van der Waals surface area contributed by atoms with Crippen LogP contribution in [0.1, 0.15) is 18.2 Å². The molecule has 0 spiro atoms. The molecular weight excluding hydrogens is 158 g/mol. The van der Waals surface area contributed by atoms with Gasteiger partial charge in [0.1, 0.15) is 0 Å². The molecule has 0 fully saturated rings. The summed E-state index contributed by atoms with van der Waals surface area (Å²) in [5, 5.41) is 0.883. The molecule has 0 aromatic carbocycles. The Morgan fingerprint density at radius 2 is 2.36 bits per heavy atom. The summed E-state index contributed by atoms with van der Waals surface area (Å²) in [4.78, 5) is 4.23. The lowest BCUT2D eigenvalue weighted by Gasteiger charge is -1.94. The van der Waals surface area contributed by atoms with Crippen LogP contribution >= 0.6 is 11.6 Å². The molecule has 1 aliphatic rings. The zero-order valence-corrected chi connectivity index (χ0v) is 7.02. The van der Waals surface area contributed by atoms with E-state index in [1.54, 1.807) is 0 Å². The molecule has 0 atom stereocenters. The van der Waals surface area contributed by atoms with E-state index in [2.05, 4.69) is 4.98 Å². The van der Waals surface area contributed by atoms with Crippen molar-refractivity contribution in [3.05, 3.63) is 35.2 Å². The molecule has 0 radical (unpaired) electrons. The van der Waals surface area contributed by atoms with Crippen LogP contribution in [0, 0.1) is 0 Å². The molecule has 11 heavy (non-hydrogen) atoms. The van der Waals surface area contributed by atoms with Crippen LogP contribution in [0.25, 0.3) is 5.03 Å². The topological polar surface area (TPSA) is 12.9 Å². The number of pyridine rings is 1. The van der Waals surface area contributed by atoms with E-state index in [4.69, 9.17) is 11.6 Å². The Kier molecular flexibility index (Phi) is 1.46. The van der Waals surface area contributed by atoms with E-state index in [1.807, 2.05) is 25.3 Å². The first-order valence-corrected chi connectivity index (χ1v) is 3.96. The minimum atomic E-state index is 0.883. The van der Waals surface area contributed by atoms with E-state index >= 15 is 0 Å². The maximum Gasteiger partial charge on any atom is 0.0531 e. The van der Waals surface area contributed by atoms with Crippen LogP contribution in [0.3, 0.4) is 0 Å². The van der Waals surface area contributed by atoms with Gasteiger partial charge in [-0.25, -0.2) is 0 Å². The fourth-order valence-electron chi connectivity index (χ4n) is 1.34. The van der Waals surface area contributed by atoms with Crippen molar-refractivity contribution in [1.82, 2.24) is 4.98 Å². The van der Waals surface area contributed by atoms with Crippen molar-refractivity contribution in [2.75, 3.05) is 0 Å². The van der Waals surface area contributed by atoms with Gasteiger partial charge in [0.05, 0.1) is 5.69 Å². The highest BCUT2D eigenvalue weighted by Gasteiger charge is 2.16. The van der Waals surface area contributed by atoms with Crippen LogP contribution < -0.4 is 0 Å². The van der Waals surface area contributed by atoms with Crippen molar-refractivity contribution in [3.8, 4) is 0 Å². The zero-order valence-electron chi connectivity index (χ0n) is 6.26. The van der Waals surface area contributed by atoms with Gasteiger partial charge in [-0.2, -0.15) is 0 Å². The van der Waals surface area contributed by atoms with Gasteiger partial charge in [0.25, 0.3) is 0 Å². The molecule has 1 nitrogen and oxygen atoms in total. The first-order chi connectivity index (χ1) is 5.29. The third kappa shape index (κ3) is 0.962. The minimum absolute atomic E-state index is 0.883. The van der Waals surface area contributed by atoms with Crippen LogP contribution in [0.5, 0.6) is 0 Å². The van der Waals surface area contributed by atoms with Crippen molar-refractivity contribution in [1.29, 1.82) is 0 Å². The van der Waals surface area contributed by atoms with Gasteiger partial charge in [0.15, 0.2) is 0 Å². The Labute approximate surface area is 70.7 Å². The summed E-state index contributed by atoms with van der Waals surface area (Å²) >= 11 is 6.03. The summed E-state index contributed by atoms with van der Waals surface area (Å²) in [5.74, 6) is 0. The van der Waals surface area contributed by atoms with Crippen molar-refractivity contribution in [2.45, 2.75) is 13.3 Å². The quantitative estimate of drug-likeness (QED) is 0.576. The highest BCUT2D eigenvalue weighted by Crippen LogP contribution is 2.33. The lowest BCUT2D eigenvalue weighted by Crippen LogP contribution is -1.86. The van der Waals surface area contributed by atoms with E-state index in [1.165, 1.54) is 5.57 Å². The maximum atomic E-state index is 6.03. The summed E-state index contributed by atoms with van der Waals surface area (Å²) in [6, 6.07) is 3.93. The maximum absolute atomic E-state index is 6.03. The highest BCUT2D eigenvalue weighted by atomic mass is 35.5. The molecular formula is C9H8ClN. The number of hydrogen-bond donors (Lipinski definition) is 0. The molecule has 0 amide bonds. The molecule has 1 aromatic heterocycles. The molecule has 0 aliphatic heterocycles. The summed E-state index contributed by atoms with van der Waals surface area (Å²) in [5.41, 5.74) is 3.43. The number of nitrogens with zero attached hydrogens (tertiary/aromatic N) is 1. The fourth-order valence-corrected chi connectivity index (χ4v) is 1.58. The molecule has 0 unspecified atom stereocenters. The lowest BCUT2D eigenvalue weighted by atomic mass is 10.2. The van der Waals surface area contributed by atoms with Crippen LogP contribution in [0.4, 0.5) is 0 Å². The third-order valence-corrected chi connectivity index (χ3v) is 2.46. The van der Waals surface area contributed by atoms with Crippen molar-refractivity contribution >= 4 is 16.6 Å². The Morgan fingerprint density at radius 1 is 1.55 bits per heavy atom. The van der Waals surface area contributed by atoms with Gasteiger partial charge in [-0.1, -0.05) is 17.7 Å². The number of fused-ring (bicyclic) bond motifs is 1. The summed E-state index contributed by atoms with van der Waals surface area (Å²) in [7, 11) is 0. The van der Waals surface area contributed by atoms with E-state index in [9.17, 15) is 0 Å². The number of aromatic nitrogens is 1. The standard InChI is InChI=1S/C9H8ClN/c1-6-5-8-7(9(6)10)3-2-4-11-8/h2-4H,5H2,1H3. The van der Waals surface area contributed by atoms with Crippen LogP contribution in [-0.4, -0.2) is 4.98 Å². The number of allylic oxidation sites excluding steroid dienone is 1. The van der Waals surface area contributed by atoms with E-state index in [0.717, 1.165) is 22.7 Å². The molecule has 56 valence electrons. The Balaban J connectivity index is 2.60. The van der Waals surface area contributed by atoms with Crippen molar-refractivity contribution in [3.63, 3.8) is 0 Å². The largest absolute Gasteiger partial charge is 0.260 e. The van der Waals surface area contributed by atoms with Gasteiger partial charge in [-0.05, 0) is 18.6 Å². The molecule has 0 saturated heterocycles. The Morgan fingerprint density at radius 3 is 3.09 bits per heavy atom. The van der Waals surface area contributed by atoms with Crippen molar-refractivity contribution < 1.29 is 0 Å². The summed E-state index contributed by atoms with van der Waals surface area (Å²) in [6.45, 7) is 2.05. The lowest BCUT2D eigenvalue weighted by molar-refractivity contribution is 1.08. The van der Waals surface area contributed by atoms with E-state index in [-0.39, 0.29) is 0 Å². The highest BCUT2D eigenvalue weighted by molar-refractivity contribution is 6.49. The van der Waals surface area contributed by atoms with Gasteiger partial charge < -0.3 is 0 Å². The predicted octanol–water partition coefficient (Wildman–Crippen LogP) is 2.61. The van der Waals surface area contributed by atoms with Gasteiger partial charge in [0, 0.05) is 23.2 Å². The average Bonchev–Trinajstić information content (AvgIpc) is 2.30. The normalized spacial score (nSPS) is 15.5. The molecule has 0 saturated carbocycles. The first-order valence-electron chi connectivity index (χ1n) is 3.58. The molecule has 1 aliphatic carbocycles. The van der Waals surface area contributed by atoms with Crippen LogP contribution in [0.2, 0.25) is 0 Å². The third-order valence-electron chi connectivity index (χ3n) is 1.93. The minimum Gasteiger partial charge on any atom is -0.260 e. The molecule has 2 rings (SSSR count). The molecule has 1 heterocycles. The number of hydrogen-bond acceptors (Lipinski definition) is 1. The monoisotopic (exact) mass is 165 g/mol. The van der Waals surface area contributed by atoms with Gasteiger partial charge in [-0.15, -0.1) is 0 Å². The number of rotatable bonds is 0. The van der Waals surface area contributed by atoms with Crippen LogP contribution in [0.15, 0.2) is 23.9 Å². The average molecular weight is 166 g/mol. The zero-order chi connectivity index (χ0) is 7.84. The Bertz CT molecular complexity index is 328. The van der Waals surface area contributed by atoms with Gasteiger partial charge in [0.2, 0.25) is 0 Å². The predicted molar refractivity (Wildman–Crippen MR) is 46.4 cm³/mol. The van der Waals surface area contributed by atoms with E-state index < -0.39 is 0 Å². The second kappa shape index (κ2) is 2.35. The summed E-state index contributed by atoms with van der Waals surface area (Å²) in [6.07, 6.45) is 2.72. The molecule has 2 heteroatoms. The molecule has 0 bridgehead atoms. The van der Waals surface area contributed by atoms with E-state index in [0.29, 0.717) is 0 Å². The second-order valence-corrected chi connectivity index (χ2v) is 3.15. The molecule has 1 aromatic rings. The van der Waals surface area contributed by atoms with Crippen LogP contribution in [-0.2, 0) is 6.42 Å². The SMILES string of the molecule is CC1=C(Cl)c2cccnc2C1. The molecule has 0 N–H and O–H groups in total. The Hall–Kier alpha value is -0.820. The van der Waals surface area contributed by atoms with Crippen molar-refractivity contribution in [2.24, 2.45) is 0 Å². The second-order valence-electron chi connectivity index (χ2n) is 2.77. The fraction of sp³-hybridized carbons (Fsp3) is 0.222. The smallest absolute Gasteiger partial charge is 0.0531 e. The first kappa shape index (κ1) is 6.86. The van der Waals surface area contributed by atoms with Gasteiger partial charge >= 0.3 is 0 Å². The summed E-state index contributed by atoms with van der Waals surface area (Å²) < 4.78 is 0. The van der Waals surface area contributed by atoms with Gasteiger partial charge in [-0.3, -0.25) is 4.98 Å².